The number of nitrogens with one attached hydrogen (secondary N) is 1. The summed E-state index contributed by atoms with van der Waals surface area (Å²) >= 11 is 0.920. The minimum atomic E-state index is -0.510. The van der Waals surface area contributed by atoms with Crippen LogP contribution in [0.4, 0.5) is 4.79 Å². The fourth-order valence-corrected chi connectivity index (χ4v) is 2.56. The number of nitrogens with zero attached hydrogens (tertiary/aromatic N) is 1. The normalized spacial score (nSPS) is 13.2. The number of esters is 2. The van der Waals surface area contributed by atoms with Crippen LogP contribution in [0.5, 0.6) is 0 Å². The molecule has 1 aliphatic rings. The summed E-state index contributed by atoms with van der Waals surface area (Å²) < 4.78 is 19.5. The minimum absolute atomic E-state index is 0.0487. The molecule has 0 atom stereocenters. The highest BCUT2D eigenvalue weighted by molar-refractivity contribution is 8.12. The smallest absolute Gasteiger partial charge is 0.369 e. The number of thioether (sulfide) groups is 1. The van der Waals surface area contributed by atoms with Crippen LogP contribution < -0.4 is 5.32 Å². The molecule has 178 valence electrons. The summed E-state index contributed by atoms with van der Waals surface area (Å²) in [5.41, 5.74) is 0.428. The Morgan fingerprint density at radius 3 is 2.38 bits per heavy atom. The number of carbonyl (C=O) groups is 4. The number of amides is 1. The van der Waals surface area contributed by atoms with E-state index >= 15 is 0 Å². The lowest BCUT2D eigenvalue weighted by atomic mass is 10.2. The number of morpholine rings is 1. The van der Waals surface area contributed by atoms with E-state index in [4.69, 9.17) is 14.2 Å². The number of ether oxygens (including phenoxy) is 4. The van der Waals surface area contributed by atoms with Gasteiger partial charge in [-0.3, -0.25) is 14.5 Å². The molecule has 1 heterocycles. The standard InChI is InChI=1S/C11H20N2O4.C10H10O4S/c1-10(14)12-9-11(15)17-6-2-3-13-4-7-16-8-5-13;1-15-10(12)14-7-13-9(11)8-5-3-2-4-6-8/h2-9H2,1H3,(H,12,14);2-6H,7H2,1H3. The first-order chi connectivity index (χ1) is 15.4. The van der Waals surface area contributed by atoms with Crippen molar-refractivity contribution < 1.29 is 38.1 Å². The van der Waals surface area contributed by atoms with Gasteiger partial charge in [-0.05, 0) is 36.6 Å². The second kappa shape index (κ2) is 17.0. The van der Waals surface area contributed by atoms with Crippen molar-refractivity contribution in [2.45, 2.75) is 13.3 Å². The number of carbonyl (C=O) groups excluding carboxylic acids is 4. The van der Waals surface area contributed by atoms with E-state index in [1.54, 1.807) is 36.6 Å². The van der Waals surface area contributed by atoms with Gasteiger partial charge in [0.2, 0.25) is 12.7 Å². The molecule has 32 heavy (non-hydrogen) atoms. The van der Waals surface area contributed by atoms with Crippen molar-refractivity contribution in [2.75, 3.05) is 59.0 Å². The Balaban J connectivity index is 0.000000323. The molecule has 0 aliphatic carbocycles. The predicted molar refractivity (Wildman–Crippen MR) is 118 cm³/mol. The van der Waals surface area contributed by atoms with Crippen LogP contribution >= 0.6 is 11.8 Å². The quantitative estimate of drug-likeness (QED) is 0.324. The minimum Gasteiger partial charge on any atom is -0.464 e. The molecule has 0 unspecified atom stereocenters. The van der Waals surface area contributed by atoms with Gasteiger partial charge in [-0.2, -0.15) is 0 Å². The van der Waals surface area contributed by atoms with E-state index in [1.165, 1.54) is 6.92 Å². The molecule has 1 aliphatic heterocycles. The third-order valence-electron chi connectivity index (χ3n) is 4.01. The first kappa shape index (κ1) is 27.4. The van der Waals surface area contributed by atoms with Crippen molar-refractivity contribution in [3.63, 3.8) is 0 Å². The summed E-state index contributed by atoms with van der Waals surface area (Å²) in [5.74, 6) is -1.12. The van der Waals surface area contributed by atoms with Gasteiger partial charge in [-0.1, -0.05) is 18.2 Å². The zero-order chi connectivity index (χ0) is 23.6. The van der Waals surface area contributed by atoms with Crippen molar-refractivity contribution >= 4 is 34.9 Å². The van der Waals surface area contributed by atoms with Gasteiger partial charge in [-0.15, -0.1) is 0 Å². The largest absolute Gasteiger partial charge is 0.464 e. The third kappa shape index (κ3) is 13.6. The van der Waals surface area contributed by atoms with Gasteiger partial charge < -0.3 is 24.3 Å². The molecule has 1 aromatic rings. The second-order valence-corrected chi connectivity index (χ2v) is 7.19. The van der Waals surface area contributed by atoms with Crippen LogP contribution in [0, 0.1) is 0 Å². The Bertz CT molecular complexity index is 711. The van der Waals surface area contributed by atoms with Crippen molar-refractivity contribution in [3.05, 3.63) is 35.9 Å². The van der Waals surface area contributed by atoms with E-state index in [1.807, 2.05) is 0 Å². The molecule has 0 spiro atoms. The average molecular weight is 471 g/mol. The number of hydrogen-bond acceptors (Lipinski definition) is 10. The molecular formula is C21H30N2O8S. The summed E-state index contributed by atoms with van der Waals surface area (Å²) in [6.45, 7) is 5.73. The van der Waals surface area contributed by atoms with Gasteiger partial charge in [0.25, 0.3) is 0 Å². The van der Waals surface area contributed by atoms with Crippen LogP contribution in [-0.4, -0.2) is 87.1 Å². The first-order valence-electron chi connectivity index (χ1n) is 10.1. The zero-order valence-corrected chi connectivity index (χ0v) is 19.2. The van der Waals surface area contributed by atoms with Crippen LogP contribution in [-0.2, 0) is 28.5 Å². The Kier molecular flexibility index (Phi) is 14.5. The number of benzene rings is 1. The summed E-state index contributed by atoms with van der Waals surface area (Å²) in [7, 11) is 0. The molecule has 11 heteroatoms. The van der Waals surface area contributed by atoms with Gasteiger partial charge in [-0.25, -0.2) is 9.59 Å². The molecule has 0 radical (unpaired) electrons. The van der Waals surface area contributed by atoms with E-state index in [-0.39, 0.29) is 25.2 Å². The maximum Gasteiger partial charge on any atom is 0.369 e. The topological polar surface area (TPSA) is 120 Å². The Labute approximate surface area is 191 Å². The van der Waals surface area contributed by atoms with E-state index in [9.17, 15) is 19.2 Å². The SMILES string of the molecule is CC(=O)NCC(=O)OCCCN1CCOCC1.CSC(=O)OCOC(=O)c1ccccc1. The van der Waals surface area contributed by atoms with Crippen LogP contribution in [0.25, 0.3) is 0 Å². The molecule has 1 aromatic carbocycles. The van der Waals surface area contributed by atoms with Crippen molar-refractivity contribution in [1.82, 2.24) is 10.2 Å². The Hall–Kier alpha value is -2.63. The maximum absolute atomic E-state index is 11.3. The molecule has 0 aromatic heterocycles. The van der Waals surface area contributed by atoms with Crippen LogP contribution in [0.1, 0.15) is 23.7 Å². The van der Waals surface area contributed by atoms with Crippen molar-refractivity contribution in [3.8, 4) is 0 Å². The van der Waals surface area contributed by atoms with Crippen LogP contribution in [0.3, 0.4) is 0 Å². The molecule has 0 saturated carbocycles. The summed E-state index contributed by atoms with van der Waals surface area (Å²) in [4.78, 5) is 45.9. The molecule has 1 saturated heterocycles. The van der Waals surface area contributed by atoms with Gasteiger partial charge in [0.15, 0.2) is 0 Å². The highest BCUT2D eigenvalue weighted by atomic mass is 32.2. The molecule has 2 rings (SSSR count). The Morgan fingerprint density at radius 2 is 1.75 bits per heavy atom. The lowest BCUT2D eigenvalue weighted by Crippen LogP contribution is -2.37. The average Bonchev–Trinajstić information content (AvgIpc) is 2.82. The molecule has 1 N–H and O–H groups in total. The molecule has 1 amide bonds. The maximum atomic E-state index is 11.3. The monoisotopic (exact) mass is 470 g/mol. The van der Waals surface area contributed by atoms with E-state index in [0.29, 0.717) is 12.2 Å². The second-order valence-electron chi connectivity index (χ2n) is 6.45. The van der Waals surface area contributed by atoms with Crippen LogP contribution in [0.2, 0.25) is 0 Å². The van der Waals surface area contributed by atoms with E-state index in [2.05, 4.69) is 15.0 Å². The lowest BCUT2D eigenvalue weighted by Gasteiger charge is -2.26. The van der Waals surface area contributed by atoms with Gasteiger partial charge >= 0.3 is 17.2 Å². The number of rotatable bonds is 9. The first-order valence-corrected chi connectivity index (χ1v) is 11.3. The molecule has 1 fully saturated rings. The molecule has 0 bridgehead atoms. The fraction of sp³-hybridized carbons (Fsp3) is 0.524. The van der Waals surface area contributed by atoms with E-state index < -0.39 is 11.3 Å². The van der Waals surface area contributed by atoms with Gasteiger partial charge in [0.1, 0.15) is 6.54 Å². The predicted octanol–water partition coefficient (Wildman–Crippen LogP) is 1.69. The summed E-state index contributed by atoms with van der Waals surface area (Å²) in [6, 6.07) is 8.50. The van der Waals surface area contributed by atoms with Crippen LogP contribution in [0.15, 0.2) is 30.3 Å². The van der Waals surface area contributed by atoms with Gasteiger partial charge in [0, 0.05) is 26.6 Å². The van der Waals surface area contributed by atoms with Gasteiger partial charge in [0.05, 0.1) is 25.4 Å². The van der Waals surface area contributed by atoms with Crippen molar-refractivity contribution in [2.24, 2.45) is 0 Å². The highest BCUT2D eigenvalue weighted by Gasteiger charge is 2.10. The third-order valence-corrected chi connectivity index (χ3v) is 4.46. The summed E-state index contributed by atoms with van der Waals surface area (Å²) in [6.07, 6.45) is 2.40. The van der Waals surface area contributed by atoms with E-state index in [0.717, 1.165) is 51.0 Å². The number of hydrogen-bond donors (Lipinski definition) is 1. The molecular weight excluding hydrogens is 440 g/mol. The lowest BCUT2D eigenvalue weighted by molar-refractivity contribution is -0.144. The Morgan fingerprint density at radius 1 is 1.06 bits per heavy atom. The zero-order valence-electron chi connectivity index (χ0n) is 18.4. The van der Waals surface area contributed by atoms with Crippen molar-refractivity contribution in [1.29, 1.82) is 0 Å². The fourth-order valence-electron chi connectivity index (χ4n) is 2.39. The molecule has 10 nitrogen and oxygen atoms in total. The summed E-state index contributed by atoms with van der Waals surface area (Å²) in [5, 5.41) is 1.92. The highest BCUT2D eigenvalue weighted by Crippen LogP contribution is 2.03.